The van der Waals surface area contributed by atoms with Crippen LogP contribution in [-0.4, -0.2) is 13.3 Å². The van der Waals surface area contributed by atoms with Crippen LogP contribution in [0.15, 0.2) is 238 Å². The molecule has 10 aromatic carbocycles. The molecule has 62 heavy (non-hydrogen) atoms. The minimum Gasteiger partial charge on any atom is -0.309 e. The fraction of sp³-hybridized carbons (Fsp3) is 0. The molecule has 0 N–H and O–H groups in total. The van der Waals surface area contributed by atoms with Gasteiger partial charge in [0.2, 0.25) is 0 Å². The van der Waals surface area contributed by atoms with Crippen molar-refractivity contribution >= 4 is 63.4 Å². The van der Waals surface area contributed by atoms with E-state index in [0.717, 1.165) is 75.4 Å². The first-order valence-corrected chi connectivity index (χ1v) is 23.2. The lowest BCUT2D eigenvalue weighted by Gasteiger charge is -2.38. The van der Waals surface area contributed by atoms with Crippen molar-refractivity contribution in [2.75, 3.05) is 0 Å². The largest absolute Gasteiger partial charge is 0.309 e. The molecule has 14 rings (SSSR count). The third-order valence-electron chi connectivity index (χ3n) is 13.8. The van der Waals surface area contributed by atoms with E-state index in [1.165, 1.54) is 43.4 Å². The van der Waals surface area contributed by atoms with Crippen LogP contribution in [0.2, 0.25) is 0 Å². The van der Waals surface area contributed by atoms with Gasteiger partial charge < -0.3 is 9.13 Å². The number of aromatic nitrogens is 2. The summed E-state index contributed by atoms with van der Waals surface area (Å²) in [5.41, 5.74) is 13.3. The van der Waals surface area contributed by atoms with Crippen LogP contribution in [-0.2, 0) is 9.07 Å². The molecule has 12 aromatic rings. The van der Waals surface area contributed by atoms with Crippen molar-refractivity contribution in [2.45, 2.75) is 19.6 Å². The summed E-state index contributed by atoms with van der Waals surface area (Å²) in [6.07, 6.45) is 0. The molecule has 0 saturated heterocycles. The average Bonchev–Trinajstić information content (AvgIpc) is 3.99. The Morgan fingerprint density at radius 2 is 0.774 bits per heavy atom. The van der Waals surface area contributed by atoms with Crippen molar-refractivity contribution in [1.29, 1.82) is 0 Å². The summed E-state index contributed by atoms with van der Waals surface area (Å²) in [4.78, 5) is 3.59. The second kappa shape index (κ2) is 11.9. The van der Waals surface area contributed by atoms with E-state index in [1.807, 2.05) is 18.2 Å². The van der Waals surface area contributed by atoms with Crippen LogP contribution in [0.5, 0.6) is 0 Å². The molecule has 2 aliphatic rings. The molecule has 0 radical (unpaired) electrons. The maximum atomic E-state index is 17.1. The number of hydrogen-bond donors (Lipinski definition) is 0. The van der Waals surface area contributed by atoms with Gasteiger partial charge in [-0.15, -0.1) is 0 Å². The molecule has 0 bridgehead atoms. The third kappa shape index (κ3) is 4.08. The molecule has 290 valence electrons. The zero-order valence-electron chi connectivity index (χ0n) is 33.5. The molecule has 0 unspecified atom stereocenters. The first-order valence-electron chi connectivity index (χ1n) is 21.2. The fourth-order valence-corrected chi connectivity index (χ4v) is 16.4. The van der Waals surface area contributed by atoms with E-state index in [9.17, 15) is 0 Å². The standard InChI is InChI=1S/C58H36N2OS/c61-62(55-27-13-8-22-43(55)44-23-9-14-28-56(44)62)57-29-15-10-24-45(57)49-33-39(30-31-58(49)62)46-32-37-16-4-5-17-38(37)34-52(46)60-51-26-12-7-21-42(51)48-35-53-47(36-54(48)60)41-20-6-11-25-50(41)59(53)40-18-2-1-3-19-40/h1-36H. The highest BCUT2D eigenvalue weighted by atomic mass is 32.3. The summed E-state index contributed by atoms with van der Waals surface area (Å²) in [5, 5.41) is 7.18. The highest BCUT2D eigenvalue weighted by Gasteiger charge is 2.57. The smallest absolute Gasteiger partial charge is 0.0549 e. The number of rotatable bonds is 3. The zero-order chi connectivity index (χ0) is 40.8. The molecule has 0 amide bonds. The van der Waals surface area contributed by atoms with Crippen molar-refractivity contribution in [3.63, 3.8) is 0 Å². The minimum absolute atomic E-state index is 0.890. The molecule has 0 saturated carbocycles. The minimum atomic E-state index is -3.95. The number of para-hydroxylation sites is 3. The summed E-state index contributed by atoms with van der Waals surface area (Å²) < 4.78 is 22.0. The highest BCUT2D eigenvalue weighted by Crippen LogP contribution is 2.71. The van der Waals surface area contributed by atoms with Gasteiger partial charge in [-0.25, -0.2) is 0 Å². The van der Waals surface area contributed by atoms with Crippen LogP contribution < -0.4 is 0 Å². The SMILES string of the molecule is O=S12(c3ccccc3-c3ccccc31)c1ccccc1-c1cc(-c3cc4ccccc4cc3-n3c4ccccc4c4cc5c(cc43)c3ccccc3n5-c3ccccc3)ccc12. The molecular formula is C58H36N2OS. The Labute approximate surface area is 357 Å². The third-order valence-corrected chi connectivity index (χ3v) is 18.6. The number of benzene rings is 10. The van der Waals surface area contributed by atoms with Crippen LogP contribution in [0.4, 0.5) is 0 Å². The van der Waals surface area contributed by atoms with Crippen molar-refractivity contribution in [3.8, 4) is 44.8 Å². The zero-order valence-corrected chi connectivity index (χ0v) is 34.3. The molecular weight excluding hydrogens is 773 g/mol. The predicted octanol–water partition coefficient (Wildman–Crippen LogP) is 15.0. The van der Waals surface area contributed by atoms with Gasteiger partial charge >= 0.3 is 0 Å². The van der Waals surface area contributed by atoms with Gasteiger partial charge in [-0.1, -0.05) is 140 Å². The van der Waals surface area contributed by atoms with E-state index in [0.29, 0.717) is 0 Å². The Kier molecular flexibility index (Phi) is 6.54. The first kappa shape index (κ1) is 34.0. The Balaban J connectivity index is 1.08. The van der Waals surface area contributed by atoms with Crippen molar-refractivity contribution < 1.29 is 4.21 Å². The Hall–Kier alpha value is -7.79. The van der Waals surface area contributed by atoms with E-state index in [4.69, 9.17) is 0 Å². The van der Waals surface area contributed by atoms with E-state index < -0.39 is 9.07 Å². The van der Waals surface area contributed by atoms with Gasteiger partial charge in [-0.05, 0) is 117 Å². The summed E-state index contributed by atoms with van der Waals surface area (Å²) >= 11 is 0. The number of nitrogens with zero attached hydrogens (tertiary/aromatic N) is 2. The normalized spacial score (nSPS) is 14.9. The second-order valence-electron chi connectivity index (χ2n) is 16.8. The molecule has 0 atom stereocenters. The first-order chi connectivity index (χ1) is 30.6. The molecule has 1 spiro atoms. The number of fused-ring (bicyclic) bond motifs is 17. The highest BCUT2D eigenvalue weighted by molar-refractivity contribution is 8.21. The molecule has 4 heteroatoms. The lowest BCUT2D eigenvalue weighted by atomic mass is 9.95. The molecule has 3 nitrogen and oxygen atoms in total. The van der Waals surface area contributed by atoms with E-state index in [-0.39, 0.29) is 0 Å². The Bertz CT molecular complexity index is 3950. The summed E-state index contributed by atoms with van der Waals surface area (Å²) in [6.45, 7) is 0. The van der Waals surface area contributed by atoms with Crippen LogP contribution in [0, 0.1) is 0 Å². The summed E-state index contributed by atoms with van der Waals surface area (Å²) in [6, 6.07) is 78.3. The van der Waals surface area contributed by atoms with Gasteiger partial charge in [0, 0.05) is 61.4 Å². The van der Waals surface area contributed by atoms with E-state index >= 15 is 4.21 Å². The fourth-order valence-electron chi connectivity index (χ4n) is 11.2. The molecule has 0 fully saturated rings. The van der Waals surface area contributed by atoms with Crippen molar-refractivity contribution in [2.24, 2.45) is 0 Å². The molecule has 2 aromatic heterocycles. The van der Waals surface area contributed by atoms with Gasteiger partial charge in [-0.2, -0.15) is 0 Å². The summed E-state index contributed by atoms with van der Waals surface area (Å²) in [7, 11) is -3.95. The lowest BCUT2D eigenvalue weighted by Crippen LogP contribution is -2.29. The lowest BCUT2D eigenvalue weighted by molar-refractivity contribution is 0.658. The molecule has 4 heterocycles. The van der Waals surface area contributed by atoms with Crippen LogP contribution >= 0.6 is 0 Å². The van der Waals surface area contributed by atoms with Gasteiger partial charge in [0.15, 0.2) is 0 Å². The van der Waals surface area contributed by atoms with Crippen LogP contribution in [0.3, 0.4) is 0 Å². The second-order valence-corrected chi connectivity index (χ2v) is 20.4. The monoisotopic (exact) mass is 808 g/mol. The maximum absolute atomic E-state index is 17.1. The number of hydrogen-bond acceptors (Lipinski definition) is 1. The quantitative estimate of drug-likeness (QED) is 0.175. The van der Waals surface area contributed by atoms with Crippen molar-refractivity contribution in [1.82, 2.24) is 9.13 Å². The molecule has 2 aliphatic heterocycles. The van der Waals surface area contributed by atoms with Gasteiger partial charge in [0.1, 0.15) is 0 Å². The Morgan fingerprint density at radius 3 is 1.40 bits per heavy atom. The van der Waals surface area contributed by atoms with Gasteiger partial charge in [0.05, 0.1) is 27.8 Å². The van der Waals surface area contributed by atoms with Crippen molar-refractivity contribution in [3.05, 3.63) is 218 Å². The summed E-state index contributed by atoms with van der Waals surface area (Å²) in [5.74, 6) is 0. The maximum Gasteiger partial charge on any atom is 0.0549 e. The van der Waals surface area contributed by atoms with Crippen LogP contribution in [0.1, 0.15) is 0 Å². The average molecular weight is 809 g/mol. The topological polar surface area (TPSA) is 26.9 Å². The predicted molar refractivity (Wildman–Crippen MR) is 257 cm³/mol. The van der Waals surface area contributed by atoms with Crippen LogP contribution in [0.25, 0.3) is 99.1 Å². The Morgan fingerprint density at radius 1 is 0.306 bits per heavy atom. The van der Waals surface area contributed by atoms with Gasteiger partial charge in [0.25, 0.3) is 0 Å². The van der Waals surface area contributed by atoms with E-state index in [2.05, 4.69) is 209 Å². The van der Waals surface area contributed by atoms with E-state index in [1.54, 1.807) is 0 Å². The molecule has 0 aliphatic carbocycles. The van der Waals surface area contributed by atoms with Gasteiger partial charge in [-0.3, -0.25) is 4.21 Å².